The normalized spacial score (nSPS) is 24.2. The second-order valence-corrected chi connectivity index (χ2v) is 8.83. The molecule has 1 saturated carbocycles. The summed E-state index contributed by atoms with van der Waals surface area (Å²) in [7, 11) is -3.42. The number of benzene rings is 2. The molecule has 0 aromatic heterocycles. The van der Waals surface area contributed by atoms with Crippen LogP contribution >= 0.6 is 0 Å². The van der Waals surface area contributed by atoms with Crippen LogP contribution in [0.25, 0.3) is 0 Å². The second kappa shape index (κ2) is 6.67. The van der Waals surface area contributed by atoms with Crippen LogP contribution in [-0.4, -0.2) is 13.7 Å². The molecule has 4 heteroatoms. The molecule has 2 aromatic carbocycles. The highest BCUT2D eigenvalue weighted by Crippen LogP contribution is 2.45. The van der Waals surface area contributed by atoms with E-state index in [4.69, 9.17) is 0 Å². The van der Waals surface area contributed by atoms with E-state index in [-0.39, 0.29) is 17.7 Å². The zero-order chi connectivity index (χ0) is 17.3. The van der Waals surface area contributed by atoms with Crippen LogP contribution in [0.3, 0.4) is 0 Å². The molecule has 0 aliphatic heterocycles. The summed E-state index contributed by atoms with van der Waals surface area (Å²) < 4.78 is 39.8. The van der Waals surface area contributed by atoms with Crippen LogP contribution in [0.2, 0.25) is 0 Å². The SMILES string of the molecule is CCC1CC[C@H](c2ccc(F)cc2)C1S(=O)(=O)c1ccc(C)cc1. The third-order valence-electron chi connectivity index (χ3n) is 5.24. The Hall–Kier alpha value is -1.68. The van der Waals surface area contributed by atoms with Gasteiger partial charge in [-0.3, -0.25) is 0 Å². The zero-order valence-corrected chi connectivity index (χ0v) is 14.9. The molecule has 0 radical (unpaired) electrons. The molecule has 2 unspecified atom stereocenters. The first-order valence-electron chi connectivity index (χ1n) is 8.49. The average molecular weight is 346 g/mol. The van der Waals surface area contributed by atoms with Crippen LogP contribution in [0.4, 0.5) is 4.39 Å². The molecule has 3 rings (SSSR count). The number of hydrogen-bond acceptors (Lipinski definition) is 2. The lowest BCUT2D eigenvalue weighted by atomic mass is 9.95. The Morgan fingerprint density at radius 1 is 1.00 bits per heavy atom. The maximum Gasteiger partial charge on any atom is 0.182 e. The summed E-state index contributed by atoms with van der Waals surface area (Å²) >= 11 is 0. The van der Waals surface area contributed by atoms with Gasteiger partial charge >= 0.3 is 0 Å². The van der Waals surface area contributed by atoms with E-state index in [1.54, 1.807) is 24.3 Å². The van der Waals surface area contributed by atoms with Crippen LogP contribution < -0.4 is 0 Å². The van der Waals surface area contributed by atoms with Crippen molar-refractivity contribution >= 4 is 9.84 Å². The Morgan fingerprint density at radius 3 is 2.21 bits per heavy atom. The number of rotatable bonds is 4. The minimum Gasteiger partial charge on any atom is -0.223 e. The van der Waals surface area contributed by atoms with Gasteiger partial charge < -0.3 is 0 Å². The highest BCUT2D eigenvalue weighted by Gasteiger charge is 2.44. The first-order valence-corrected chi connectivity index (χ1v) is 10.0. The summed E-state index contributed by atoms with van der Waals surface area (Å²) in [5.41, 5.74) is 1.97. The Kier molecular flexibility index (Phi) is 4.77. The Bertz CT molecular complexity index is 795. The summed E-state index contributed by atoms with van der Waals surface area (Å²) in [6.07, 6.45) is 2.57. The average Bonchev–Trinajstić information content (AvgIpc) is 3.01. The van der Waals surface area contributed by atoms with E-state index >= 15 is 0 Å². The van der Waals surface area contributed by atoms with Crippen molar-refractivity contribution in [3.8, 4) is 0 Å². The highest BCUT2D eigenvalue weighted by molar-refractivity contribution is 7.92. The predicted molar refractivity (Wildman–Crippen MR) is 94.3 cm³/mol. The fraction of sp³-hybridized carbons (Fsp3) is 0.400. The van der Waals surface area contributed by atoms with Crippen LogP contribution in [0.5, 0.6) is 0 Å². The number of aryl methyl sites for hydroxylation is 1. The van der Waals surface area contributed by atoms with Crippen molar-refractivity contribution in [3.63, 3.8) is 0 Å². The summed E-state index contributed by atoms with van der Waals surface area (Å²) in [5, 5.41) is -0.435. The largest absolute Gasteiger partial charge is 0.223 e. The lowest BCUT2D eigenvalue weighted by molar-refractivity contribution is 0.494. The Morgan fingerprint density at radius 2 is 1.62 bits per heavy atom. The first kappa shape index (κ1) is 17.2. The molecule has 128 valence electrons. The van der Waals surface area contributed by atoms with Gasteiger partial charge in [0, 0.05) is 5.92 Å². The summed E-state index contributed by atoms with van der Waals surface area (Å²) in [6.45, 7) is 4.00. The zero-order valence-electron chi connectivity index (χ0n) is 14.1. The van der Waals surface area contributed by atoms with E-state index in [2.05, 4.69) is 6.92 Å². The third kappa shape index (κ3) is 3.12. The topological polar surface area (TPSA) is 34.1 Å². The van der Waals surface area contributed by atoms with Gasteiger partial charge in [0.1, 0.15) is 5.82 Å². The van der Waals surface area contributed by atoms with Crippen LogP contribution in [0.1, 0.15) is 43.2 Å². The van der Waals surface area contributed by atoms with Gasteiger partial charge in [-0.25, -0.2) is 12.8 Å². The molecule has 0 N–H and O–H groups in total. The maximum atomic E-state index is 13.3. The summed E-state index contributed by atoms with van der Waals surface area (Å²) in [6, 6.07) is 13.4. The molecule has 0 saturated heterocycles. The molecule has 2 aromatic rings. The van der Waals surface area contributed by atoms with E-state index < -0.39 is 15.1 Å². The molecule has 1 aliphatic carbocycles. The molecule has 24 heavy (non-hydrogen) atoms. The van der Waals surface area contributed by atoms with Crippen LogP contribution in [0.15, 0.2) is 53.4 Å². The minimum atomic E-state index is -3.42. The lowest BCUT2D eigenvalue weighted by Gasteiger charge is -2.25. The van der Waals surface area contributed by atoms with Gasteiger partial charge in [-0.2, -0.15) is 0 Å². The smallest absolute Gasteiger partial charge is 0.182 e. The Balaban J connectivity index is 2.02. The van der Waals surface area contributed by atoms with E-state index in [0.717, 1.165) is 30.4 Å². The molecular formula is C20H23FO2S. The van der Waals surface area contributed by atoms with E-state index in [9.17, 15) is 12.8 Å². The molecule has 3 atom stereocenters. The lowest BCUT2D eigenvalue weighted by Crippen LogP contribution is -2.30. The number of sulfone groups is 1. The van der Waals surface area contributed by atoms with Crippen molar-refractivity contribution in [2.45, 2.75) is 49.2 Å². The van der Waals surface area contributed by atoms with Crippen molar-refractivity contribution in [2.75, 3.05) is 0 Å². The van der Waals surface area contributed by atoms with Crippen molar-refractivity contribution in [2.24, 2.45) is 5.92 Å². The Labute approximate surface area is 143 Å². The van der Waals surface area contributed by atoms with Crippen molar-refractivity contribution in [3.05, 3.63) is 65.5 Å². The molecule has 2 nitrogen and oxygen atoms in total. The molecule has 1 aliphatic rings. The van der Waals surface area contributed by atoms with Gasteiger partial charge in [-0.15, -0.1) is 0 Å². The fourth-order valence-electron chi connectivity index (χ4n) is 3.91. The molecule has 0 heterocycles. The monoisotopic (exact) mass is 346 g/mol. The summed E-state index contributed by atoms with van der Waals surface area (Å²) in [5.74, 6) is -0.213. The number of halogens is 1. The van der Waals surface area contributed by atoms with Gasteiger partial charge in [-0.1, -0.05) is 43.2 Å². The van der Waals surface area contributed by atoms with Crippen molar-refractivity contribution in [1.29, 1.82) is 0 Å². The predicted octanol–water partition coefficient (Wildman–Crippen LogP) is 4.88. The van der Waals surface area contributed by atoms with Gasteiger partial charge in [-0.05, 0) is 55.5 Å². The van der Waals surface area contributed by atoms with E-state index in [1.165, 1.54) is 12.1 Å². The third-order valence-corrected chi connectivity index (χ3v) is 7.60. The van der Waals surface area contributed by atoms with Gasteiger partial charge in [0.05, 0.1) is 10.1 Å². The fourth-order valence-corrected chi connectivity index (χ4v) is 6.30. The number of hydrogen-bond donors (Lipinski definition) is 0. The molecule has 0 amide bonds. The minimum absolute atomic E-state index is 0.0677. The molecule has 0 spiro atoms. The van der Waals surface area contributed by atoms with E-state index in [0.29, 0.717) is 4.90 Å². The second-order valence-electron chi connectivity index (χ2n) is 6.73. The molecule has 1 fully saturated rings. The summed E-state index contributed by atoms with van der Waals surface area (Å²) in [4.78, 5) is 0.394. The van der Waals surface area contributed by atoms with Crippen LogP contribution in [0, 0.1) is 18.7 Å². The van der Waals surface area contributed by atoms with Gasteiger partial charge in [0.25, 0.3) is 0 Å². The molecule has 0 bridgehead atoms. The molecular weight excluding hydrogens is 323 g/mol. The quantitative estimate of drug-likeness (QED) is 0.790. The maximum absolute atomic E-state index is 13.3. The highest BCUT2D eigenvalue weighted by atomic mass is 32.2. The van der Waals surface area contributed by atoms with Gasteiger partial charge in [0.15, 0.2) is 9.84 Å². The van der Waals surface area contributed by atoms with Crippen molar-refractivity contribution in [1.82, 2.24) is 0 Å². The van der Waals surface area contributed by atoms with Gasteiger partial charge in [0.2, 0.25) is 0 Å². The van der Waals surface area contributed by atoms with E-state index in [1.807, 2.05) is 19.1 Å². The first-order chi connectivity index (χ1) is 11.4. The standard InChI is InChI=1S/C20H23FO2S/c1-3-15-8-13-19(16-6-9-17(21)10-7-16)20(15)24(22,23)18-11-4-14(2)5-12-18/h4-7,9-12,15,19-20H,3,8,13H2,1-2H3/t15?,19-,20?/m1/s1. The van der Waals surface area contributed by atoms with Crippen molar-refractivity contribution < 1.29 is 12.8 Å². The van der Waals surface area contributed by atoms with Crippen LogP contribution in [-0.2, 0) is 9.84 Å².